The molecule has 0 saturated heterocycles. The number of H-pyrrole nitrogens is 4. The average Bonchev–Trinajstić information content (AvgIpc) is 1.71. The Kier molecular flexibility index (Phi) is 16.9. The first-order valence-electron chi connectivity index (χ1n) is 29.4. The fourth-order valence-electron chi connectivity index (χ4n) is 12.9. The topological polar surface area (TPSA) is 314 Å². The molecule has 4 atom stereocenters. The fourth-order valence-corrected chi connectivity index (χ4v) is 12.9. The van der Waals surface area contributed by atoms with Crippen LogP contribution in [0.2, 0.25) is 0 Å². The average molecular weight is 1180 g/mol. The largest absolute Gasteiger partial charge is 0.481 e. The van der Waals surface area contributed by atoms with Gasteiger partial charge in [-0.15, -0.1) is 0 Å². The lowest BCUT2D eigenvalue weighted by Gasteiger charge is -2.14. The third-order valence-electron chi connectivity index (χ3n) is 17.6. The molecule has 4 unspecified atom stereocenters. The van der Waals surface area contributed by atoms with Crippen LogP contribution in [-0.4, -0.2) is 100 Å². The molecule has 4 aliphatic rings. The molecule has 4 aliphatic heterocycles. The molecule has 10 rings (SSSR count). The second-order valence-corrected chi connectivity index (χ2v) is 23.4. The number of nitrogens with zero attached hydrogens (tertiary/aromatic N) is 4. The van der Waals surface area contributed by atoms with E-state index in [1.165, 1.54) is 0 Å². The number of aliphatic hydroxyl groups excluding tert-OH is 3. The number of carboxylic acids is 3. The van der Waals surface area contributed by atoms with Crippen LogP contribution in [0.5, 0.6) is 0 Å². The molecule has 6 aromatic rings. The van der Waals surface area contributed by atoms with Gasteiger partial charge in [0.1, 0.15) is 6.10 Å². The maximum atomic E-state index is 14.5. The van der Waals surface area contributed by atoms with Gasteiger partial charge in [-0.05, 0) is 224 Å². The molecule has 0 radical (unpaired) electrons. The number of aliphatic carboxylic acids is 3. The van der Waals surface area contributed by atoms with Crippen LogP contribution in [-0.2, 0) is 30.3 Å². The molecule has 87 heavy (non-hydrogen) atoms. The molecular formula is C68H74N8O11. The van der Waals surface area contributed by atoms with Gasteiger partial charge in [0.2, 0.25) is 0 Å². The third kappa shape index (κ3) is 11.9. The molecular weight excluding hydrogens is 1100 g/mol. The van der Waals surface area contributed by atoms with Crippen molar-refractivity contribution in [3.05, 3.63) is 139 Å². The number of aromatic nitrogens is 8. The second kappa shape index (κ2) is 24.0. The molecule has 0 spiro atoms. The number of carbonyl (C=O) groups excluding carboxylic acids is 1. The minimum absolute atomic E-state index is 0.0565. The number of aromatic amines is 4. The maximum absolute atomic E-state index is 14.5. The van der Waals surface area contributed by atoms with Crippen molar-refractivity contribution in [2.75, 3.05) is 0 Å². The van der Waals surface area contributed by atoms with Crippen molar-refractivity contribution in [2.24, 2.45) is 0 Å². The van der Waals surface area contributed by atoms with E-state index in [2.05, 4.69) is 19.9 Å². The molecule has 0 saturated carbocycles. The summed E-state index contributed by atoms with van der Waals surface area (Å²) in [6.07, 6.45) is -3.14. The lowest BCUT2D eigenvalue weighted by Crippen LogP contribution is -2.09. The summed E-state index contributed by atoms with van der Waals surface area (Å²) in [5, 5.41) is 63.1. The highest BCUT2D eigenvalue weighted by Crippen LogP contribution is 2.42. The highest BCUT2D eigenvalue weighted by Gasteiger charge is 2.28. The number of esters is 1. The van der Waals surface area contributed by atoms with Crippen LogP contribution < -0.4 is 0 Å². The number of rotatable bonds is 17. The molecule has 452 valence electrons. The van der Waals surface area contributed by atoms with E-state index < -0.39 is 48.3 Å². The number of nitrogens with one attached hydrogen (secondary N) is 4. The third-order valence-corrected chi connectivity index (χ3v) is 17.6. The van der Waals surface area contributed by atoms with Gasteiger partial charge in [0.05, 0.1) is 63.9 Å². The van der Waals surface area contributed by atoms with E-state index in [1.807, 2.05) is 105 Å². The number of aryl methyl sites for hydroxylation is 5. The van der Waals surface area contributed by atoms with Crippen LogP contribution in [0.1, 0.15) is 209 Å². The molecule has 0 aliphatic carbocycles. The van der Waals surface area contributed by atoms with Crippen molar-refractivity contribution >= 4 is 113 Å². The number of carbonyl (C=O) groups is 4. The van der Waals surface area contributed by atoms with Crippen LogP contribution in [0.15, 0.2) is 48.5 Å². The van der Waals surface area contributed by atoms with E-state index in [0.717, 1.165) is 61.3 Å². The van der Waals surface area contributed by atoms with E-state index in [1.54, 1.807) is 26.8 Å². The van der Waals surface area contributed by atoms with Gasteiger partial charge in [-0.1, -0.05) is 0 Å². The molecule has 0 fully saturated rings. The van der Waals surface area contributed by atoms with E-state index in [0.29, 0.717) is 118 Å². The van der Waals surface area contributed by atoms with Gasteiger partial charge in [-0.3, -0.25) is 19.2 Å². The minimum atomic E-state index is -0.973. The molecule has 0 aromatic carbocycles. The van der Waals surface area contributed by atoms with Crippen molar-refractivity contribution in [1.82, 2.24) is 39.9 Å². The summed E-state index contributed by atoms with van der Waals surface area (Å²) in [7, 11) is 0. The monoisotopic (exact) mass is 1180 g/mol. The summed E-state index contributed by atoms with van der Waals surface area (Å²) in [6, 6.07) is 15.0. The Morgan fingerprint density at radius 2 is 0.736 bits per heavy atom. The zero-order valence-electron chi connectivity index (χ0n) is 51.1. The summed E-state index contributed by atoms with van der Waals surface area (Å²) in [5.74, 6) is -3.38. The molecule has 19 heteroatoms. The summed E-state index contributed by atoms with van der Waals surface area (Å²) in [6.45, 7) is 22.2. The summed E-state index contributed by atoms with van der Waals surface area (Å²) >= 11 is 0. The molecule has 19 nitrogen and oxygen atoms in total. The van der Waals surface area contributed by atoms with E-state index >= 15 is 0 Å². The number of hydrogen-bond donors (Lipinski definition) is 10. The van der Waals surface area contributed by atoms with Crippen molar-refractivity contribution in [3.63, 3.8) is 0 Å². The minimum Gasteiger partial charge on any atom is -0.481 e. The Morgan fingerprint density at radius 1 is 0.391 bits per heavy atom. The van der Waals surface area contributed by atoms with Crippen molar-refractivity contribution in [2.45, 2.75) is 159 Å². The second-order valence-electron chi connectivity index (χ2n) is 23.4. The van der Waals surface area contributed by atoms with Gasteiger partial charge in [-0.2, -0.15) is 0 Å². The summed E-state index contributed by atoms with van der Waals surface area (Å²) in [4.78, 5) is 85.0. The number of ether oxygens (including phenoxy) is 1. The predicted molar refractivity (Wildman–Crippen MR) is 337 cm³/mol. The smallest absolute Gasteiger partial charge is 0.306 e. The Hall–Kier alpha value is -9.04. The van der Waals surface area contributed by atoms with Gasteiger partial charge in [-0.25, -0.2) is 19.9 Å². The number of allylic oxidation sites excluding steroid dienone is 7. The summed E-state index contributed by atoms with van der Waals surface area (Å²) in [5.41, 5.74) is 21.5. The Bertz CT molecular complexity index is 4420. The first kappa shape index (κ1) is 61.1. The van der Waals surface area contributed by atoms with Gasteiger partial charge < -0.3 is 55.3 Å². The van der Waals surface area contributed by atoms with Crippen molar-refractivity contribution in [1.29, 1.82) is 0 Å². The van der Waals surface area contributed by atoms with Gasteiger partial charge in [0.15, 0.2) is 0 Å². The Labute approximate surface area is 502 Å². The van der Waals surface area contributed by atoms with Crippen LogP contribution in [0.25, 0.3) is 88.7 Å². The number of carboxylic acid groups (broad SMARTS) is 3. The van der Waals surface area contributed by atoms with Crippen LogP contribution in [0, 0.1) is 27.7 Å². The fraction of sp³-hybridized carbons (Fsp3) is 0.353. The standard InChI is InChI=1S/C68H74N8O11/c1-29-41(13-17-61(80)81)54-28-56-44(32(4)48(72-56)24-57-66(38(10)78)34(6)51(74-57)25-59-65(37(9)77)33(5)49(73-59)21-45(29)69-54)16-20-64(86)87-40(12)68-36(8)50-22-46-30(2)42(14-18-62(82)83)53(70-46)27-55-43(15-19-63(84)85)31(3)47(71-55)23-58-67(39(11)79)35(7)52(75-58)26-60(68)76-50/h21-28,37-40,69,74-79H,13-20H2,1-12H3,(H,80,81)(H,82,83)(H,84,85). The maximum Gasteiger partial charge on any atom is 0.306 e. The lowest BCUT2D eigenvalue weighted by atomic mass is 9.98. The SMILES string of the molecule is CC1=C(CCC(=O)O)c2cc3nc(cc4[nH]c(cc5[nH]c(cc1n2)c(C)c5C(C)OC(=O)CCC1=C(C)c2cc5[nH]c(cc6nc(cc7[nH]c(cc1n2)c(CCC(=O)O)c7C)C(C)=C6C(C)O)c(C)c5C(C)O)c(C)c4C(C)O)C(C)=C3CCC(=O)O. The molecule has 10 N–H and O–H groups in total. The molecule has 16 bridgehead atoms. The van der Waals surface area contributed by atoms with Gasteiger partial charge in [0, 0.05) is 92.1 Å². The molecule has 10 heterocycles. The van der Waals surface area contributed by atoms with E-state index in [4.69, 9.17) is 24.7 Å². The van der Waals surface area contributed by atoms with Gasteiger partial charge in [0.25, 0.3) is 0 Å². The van der Waals surface area contributed by atoms with Crippen molar-refractivity contribution < 1.29 is 54.6 Å². The Balaban J connectivity index is 1.09. The van der Waals surface area contributed by atoms with Crippen LogP contribution in [0.4, 0.5) is 0 Å². The normalized spacial score (nSPS) is 14.9. The zero-order valence-corrected chi connectivity index (χ0v) is 51.1. The predicted octanol–water partition coefficient (Wildman–Crippen LogP) is 13.2. The highest BCUT2D eigenvalue weighted by atomic mass is 16.5. The van der Waals surface area contributed by atoms with Crippen LogP contribution in [0.3, 0.4) is 0 Å². The molecule has 0 amide bonds. The first-order chi connectivity index (χ1) is 41.2. The zero-order chi connectivity index (χ0) is 62.8. The number of aliphatic hydroxyl groups is 3. The van der Waals surface area contributed by atoms with Crippen LogP contribution >= 0.6 is 0 Å². The lowest BCUT2D eigenvalue weighted by molar-refractivity contribution is -0.148. The van der Waals surface area contributed by atoms with E-state index in [9.17, 15) is 49.8 Å². The first-order valence-corrected chi connectivity index (χ1v) is 29.4. The number of fused-ring (bicyclic) bond motifs is 16. The number of hydrogen-bond acceptors (Lipinski definition) is 12. The van der Waals surface area contributed by atoms with Gasteiger partial charge >= 0.3 is 23.9 Å². The Morgan fingerprint density at radius 3 is 1.20 bits per heavy atom. The summed E-state index contributed by atoms with van der Waals surface area (Å²) < 4.78 is 6.43. The van der Waals surface area contributed by atoms with Crippen molar-refractivity contribution in [3.8, 4) is 0 Å². The quantitative estimate of drug-likeness (QED) is 0.0380. The van der Waals surface area contributed by atoms with E-state index in [-0.39, 0.29) is 51.4 Å². The molecule has 6 aromatic heterocycles. The highest BCUT2D eigenvalue weighted by molar-refractivity contribution is 5.99.